The van der Waals surface area contributed by atoms with E-state index >= 15 is 0 Å². The van der Waals surface area contributed by atoms with Gasteiger partial charge in [-0.2, -0.15) is 0 Å². The summed E-state index contributed by atoms with van der Waals surface area (Å²) in [7, 11) is 0. The molecule has 2 atom stereocenters. The highest BCUT2D eigenvalue weighted by molar-refractivity contribution is 9.10. The fourth-order valence-electron chi connectivity index (χ4n) is 2.43. The quantitative estimate of drug-likeness (QED) is 0.925. The molecule has 19 heavy (non-hydrogen) atoms. The third kappa shape index (κ3) is 2.86. The molecule has 2 unspecified atom stereocenters. The predicted octanol–water partition coefficient (Wildman–Crippen LogP) is 3.67. The summed E-state index contributed by atoms with van der Waals surface area (Å²) in [4.78, 5) is 1.20. The van der Waals surface area contributed by atoms with Crippen molar-refractivity contribution in [3.63, 3.8) is 0 Å². The highest BCUT2D eigenvalue weighted by Gasteiger charge is 2.26. The second-order valence-electron chi connectivity index (χ2n) is 4.85. The van der Waals surface area contributed by atoms with E-state index in [9.17, 15) is 5.11 Å². The highest BCUT2D eigenvalue weighted by atomic mass is 79.9. The third-order valence-corrected chi connectivity index (χ3v) is 5.49. The van der Waals surface area contributed by atoms with Gasteiger partial charge in [-0.05, 0) is 45.4 Å². The minimum Gasteiger partial charge on any atom is -0.493 e. The molecule has 1 aliphatic rings. The molecular weight excluding hydrogens is 324 g/mol. The summed E-state index contributed by atoms with van der Waals surface area (Å²) in [6.45, 7) is 0.598. The van der Waals surface area contributed by atoms with Gasteiger partial charge in [0, 0.05) is 21.7 Å². The van der Waals surface area contributed by atoms with Crippen molar-refractivity contribution in [2.45, 2.75) is 18.9 Å². The monoisotopic (exact) mass is 338 g/mol. The zero-order chi connectivity index (χ0) is 13.2. The number of halogens is 1. The van der Waals surface area contributed by atoms with Gasteiger partial charge in [0.05, 0.1) is 12.7 Å². The zero-order valence-corrected chi connectivity index (χ0v) is 12.8. The molecule has 1 aliphatic heterocycles. The molecule has 0 saturated carbocycles. The van der Waals surface area contributed by atoms with Gasteiger partial charge in [-0.3, -0.25) is 0 Å². The summed E-state index contributed by atoms with van der Waals surface area (Å²) < 4.78 is 6.83. The lowest BCUT2D eigenvalue weighted by Gasteiger charge is -2.28. The van der Waals surface area contributed by atoms with Crippen molar-refractivity contribution in [2.75, 3.05) is 6.61 Å². The van der Waals surface area contributed by atoms with Crippen LogP contribution in [0.3, 0.4) is 0 Å². The van der Waals surface area contributed by atoms with Crippen LogP contribution >= 0.6 is 27.3 Å². The summed E-state index contributed by atoms with van der Waals surface area (Å²) in [5.41, 5.74) is 1.20. The molecule has 1 aromatic carbocycles. The van der Waals surface area contributed by atoms with Crippen molar-refractivity contribution < 1.29 is 9.84 Å². The Morgan fingerprint density at radius 2 is 2.21 bits per heavy atom. The average Bonchev–Trinajstić information content (AvgIpc) is 2.84. The normalized spacial score (nSPS) is 19.6. The predicted molar refractivity (Wildman–Crippen MR) is 80.9 cm³/mol. The maximum absolute atomic E-state index is 10.4. The Labute approximate surface area is 125 Å². The topological polar surface area (TPSA) is 29.5 Å². The van der Waals surface area contributed by atoms with Gasteiger partial charge < -0.3 is 9.84 Å². The first-order valence-corrected chi connectivity index (χ1v) is 8.02. The van der Waals surface area contributed by atoms with Crippen LogP contribution in [-0.4, -0.2) is 17.8 Å². The number of rotatable bonds is 3. The molecule has 4 heteroatoms. The van der Waals surface area contributed by atoms with E-state index in [2.05, 4.69) is 22.0 Å². The van der Waals surface area contributed by atoms with E-state index in [0.29, 0.717) is 13.0 Å². The second-order valence-corrected chi connectivity index (χ2v) is 6.70. The number of thiophene rings is 1. The molecule has 100 valence electrons. The molecule has 0 spiro atoms. The van der Waals surface area contributed by atoms with Crippen LogP contribution in [0.1, 0.15) is 10.4 Å². The molecule has 0 amide bonds. The van der Waals surface area contributed by atoms with Crippen molar-refractivity contribution in [2.24, 2.45) is 5.92 Å². The van der Waals surface area contributed by atoms with Crippen molar-refractivity contribution in [1.29, 1.82) is 0 Å². The summed E-state index contributed by atoms with van der Waals surface area (Å²) >= 11 is 5.19. The maximum Gasteiger partial charge on any atom is 0.122 e. The van der Waals surface area contributed by atoms with Crippen LogP contribution in [0.25, 0.3) is 0 Å². The van der Waals surface area contributed by atoms with Gasteiger partial charge in [0.1, 0.15) is 5.75 Å². The number of benzene rings is 1. The number of aliphatic hydroxyl groups is 1. The van der Waals surface area contributed by atoms with Crippen LogP contribution in [0, 0.1) is 5.92 Å². The Balaban J connectivity index is 1.69. The fourth-order valence-corrected chi connectivity index (χ4v) is 3.99. The van der Waals surface area contributed by atoms with Gasteiger partial charge in [-0.25, -0.2) is 0 Å². The van der Waals surface area contributed by atoms with Crippen LogP contribution in [0.15, 0.2) is 40.2 Å². The molecule has 0 saturated heterocycles. The number of hydrogen-bond acceptors (Lipinski definition) is 3. The fraction of sp³-hybridized carbons (Fsp3) is 0.333. The van der Waals surface area contributed by atoms with Gasteiger partial charge in [-0.1, -0.05) is 18.2 Å². The lowest BCUT2D eigenvalue weighted by molar-refractivity contribution is 0.0657. The molecule has 2 aromatic rings. The minimum atomic E-state index is -0.358. The second kappa shape index (κ2) is 5.65. The number of fused-ring (bicyclic) bond motifs is 1. The molecular formula is C15H15BrO2S. The molecule has 0 bridgehead atoms. The maximum atomic E-state index is 10.4. The molecule has 0 aliphatic carbocycles. The van der Waals surface area contributed by atoms with Crippen molar-refractivity contribution >= 4 is 27.3 Å². The Morgan fingerprint density at radius 3 is 3.00 bits per heavy atom. The molecule has 0 radical (unpaired) electrons. The summed E-state index contributed by atoms with van der Waals surface area (Å²) in [5.74, 6) is 1.13. The van der Waals surface area contributed by atoms with Gasteiger partial charge in [0.2, 0.25) is 0 Å². The minimum absolute atomic E-state index is 0.170. The SMILES string of the molecule is OC(Cc1sccc1Br)C1COc2ccccc2C1. The van der Waals surface area contributed by atoms with E-state index < -0.39 is 0 Å². The van der Waals surface area contributed by atoms with Gasteiger partial charge in [-0.15, -0.1) is 11.3 Å². The number of aliphatic hydroxyl groups excluding tert-OH is 1. The zero-order valence-electron chi connectivity index (χ0n) is 10.4. The molecule has 0 fully saturated rings. The summed E-state index contributed by atoms with van der Waals surface area (Å²) in [6, 6.07) is 10.1. The number of ether oxygens (including phenoxy) is 1. The van der Waals surface area contributed by atoms with E-state index in [-0.39, 0.29) is 12.0 Å². The molecule has 1 N–H and O–H groups in total. The van der Waals surface area contributed by atoms with E-state index in [1.165, 1.54) is 10.4 Å². The first kappa shape index (κ1) is 13.2. The van der Waals surface area contributed by atoms with Crippen molar-refractivity contribution in [3.05, 3.63) is 50.6 Å². The Kier molecular flexibility index (Phi) is 3.91. The number of para-hydroxylation sites is 1. The van der Waals surface area contributed by atoms with Gasteiger partial charge in [0.15, 0.2) is 0 Å². The Morgan fingerprint density at radius 1 is 1.37 bits per heavy atom. The summed E-state index contributed by atoms with van der Waals surface area (Å²) in [5, 5.41) is 12.4. The largest absolute Gasteiger partial charge is 0.493 e. The van der Waals surface area contributed by atoms with E-state index in [1.54, 1.807) is 11.3 Å². The standard InChI is InChI=1S/C15H15BrO2S/c16-12-5-6-19-15(12)8-13(17)11-7-10-3-1-2-4-14(10)18-9-11/h1-6,11,13,17H,7-9H2. The third-order valence-electron chi connectivity index (χ3n) is 3.54. The van der Waals surface area contributed by atoms with Crippen LogP contribution < -0.4 is 4.74 Å². The van der Waals surface area contributed by atoms with E-state index in [0.717, 1.165) is 16.6 Å². The summed E-state index contributed by atoms with van der Waals surface area (Å²) in [6.07, 6.45) is 1.22. The molecule has 2 heterocycles. The van der Waals surface area contributed by atoms with Crippen molar-refractivity contribution in [3.8, 4) is 5.75 Å². The average molecular weight is 339 g/mol. The Bertz CT molecular complexity index is 567. The van der Waals surface area contributed by atoms with E-state index in [4.69, 9.17) is 4.74 Å². The van der Waals surface area contributed by atoms with Crippen molar-refractivity contribution in [1.82, 2.24) is 0 Å². The lowest BCUT2D eigenvalue weighted by Crippen LogP contribution is -2.32. The van der Waals surface area contributed by atoms with Crippen LogP contribution in [0.4, 0.5) is 0 Å². The first-order chi connectivity index (χ1) is 9.24. The lowest BCUT2D eigenvalue weighted by atomic mass is 9.90. The Hall–Kier alpha value is -0.840. The van der Waals surface area contributed by atoms with Crippen LogP contribution in [0.5, 0.6) is 5.75 Å². The van der Waals surface area contributed by atoms with Gasteiger partial charge >= 0.3 is 0 Å². The molecule has 2 nitrogen and oxygen atoms in total. The number of hydrogen-bond donors (Lipinski definition) is 1. The molecule has 1 aromatic heterocycles. The van der Waals surface area contributed by atoms with Crippen LogP contribution in [0.2, 0.25) is 0 Å². The van der Waals surface area contributed by atoms with Crippen LogP contribution in [-0.2, 0) is 12.8 Å². The van der Waals surface area contributed by atoms with E-state index in [1.807, 2.05) is 29.6 Å². The first-order valence-electron chi connectivity index (χ1n) is 6.34. The smallest absolute Gasteiger partial charge is 0.122 e. The van der Waals surface area contributed by atoms with Gasteiger partial charge in [0.25, 0.3) is 0 Å². The molecule has 3 rings (SSSR count). The highest BCUT2D eigenvalue weighted by Crippen LogP contribution is 2.31.